The fourth-order valence-corrected chi connectivity index (χ4v) is 4.47. The smallest absolute Gasteiger partial charge is 0.329 e. The molecule has 174 valence electrons. The van der Waals surface area contributed by atoms with Gasteiger partial charge in [0, 0.05) is 13.0 Å². The molecule has 0 fully saturated rings. The second kappa shape index (κ2) is 9.25. The zero-order chi connectivity index (χ0) is 23.7. The topological polar surface area (TPSA) is 84.7 Å². The molecule has 0 bridgehead atoms. The lowest BCUT2D eigenvalue weighted by atomic mass is 9.97. The molecule has 2 aromatic carbocycles. The van der Waals surface area contributed by atoms with Gasteiger partial charge in [-0.25, -0.2) is 9.78 Å². The van der Waals surface area contributed by atoms with Gasteiger partial charge in [0.2, 0.25) is 5.91 Å². The molecule has 4 rings (SSSR count). The van der Waals surface area contributed by atoms with Crippen molar-refractivity contribution < 1.29 is 4.79 Å². The van der Waals surface area contributed by atoms with E-state index in [1.807, 2.05) is 60.9 Å². The molecule has 7 heteroatoms. The number of hydrogen-bond acceptors (Lipinski definition) is 3. The quantitative estimate of drug-likeness (QED) is 0.402. The van der Waals surface area contributed by atoms with E-state index < -0.39 is 0 Å². The predicted molar refractivity (Wildman–Crippen MR) is 132 cm³/mol. The molecular weight excluding hydrogens is 414 g/mol. The van der Waals surface area contributed by atoms with Crippen molar-refractivity contribution in [2.75, 3.05) is 0 Å². The van der Waals surface area contributed by atoms with Crippen LogP contribution in [0, 0.1) is 5.92 Å². The highest BCUT2D eigenvalue weighted by atomic mass is 16.2. The molecule has 4 aromatic rings. The highest BCUT2D eigenvalue weighted by Crippen LogP contribution is 2.25. The zero-order valence-corrected chi connectivity index (χ0v) is 20.1. The number of aromatic amines is 1. The Morgan fingerprint density at radius 2 is 1.79 bits per heavy atom. The first-order valence-electron chi connectivity index (χ1n) is 11.7. The van der Waals surface area contributed by atoms with Crippen molar-refractivity contribution >= 4 is 28.0 Å². The molecule has 1 unspecified atom stereocenters. The Kier molecular flexibility index (Phi) is 6.40. The van der Waals surface area contributed by atoms with Crippen molar-refractivity contribution in [1.82, 2.24) is 24.4 Å². The second-order valence-electron chi connectivity index (χ2n) is 9.51. The third-order valence-electron chi connectivity index (χ3n) is 6.06. The van der Waals surface area contributed by atoms with Crippen LogP contribution in [0.1, 0.15) is 70.9 Å². The Balaban J connectivity index is 1.68. The van der Waals surface area contributed by atoms with Crippen LogP contribution < -0.4 is 11.0 Å². The average molecular weight is 448 g/mol. The third kappa shape index (κ3) is 4.72. The van der Waals surface area contributed by atoms with Gasteiger partial charge in [0.05, 0.1) is 34.7 Å². The summed E-state index contributed by atoms with van der Waals surface area (Å²) in [5.74, 6) is 1.26. The largest absolute Gasteiger partial charge is 0.350 e. The molecule has 2 heterocycles. The Hall–Kier alpha value is -3.35. The molecule has 0 saturated carbocycles. The van der Waals surface area contributed by atoms with Crippen molar-refractivity contribution in [3.8, 4) is 0 Å². The van der Waals surface area contributed by atoms with Gasteiger partial charge in [0.25, 0.3) is 0 Å². The number of rotatable bonds is 8. The Morgan fingerprint density at radius 1 is 1.06 bits per heavy atom. The average Bonchev–Trinajstić information content (AvgIpc) is 3.28. The maximum Gasteiger partial charge on any atom is 0.329 e. The van der Waals surface area contributed by atoms with Crippen molar-refractivity contribution in [1.29, 1.82) is 0 Å². The molecule has 33 heavy (non-hydrogen) atoms. The number of carbonyl (C=O) groups excluding carboxylic acids is 1. The first-order chi connectivity index (χ1) is 15.7. The first-order valence-corrected chi connectivity index (χ1v) is 11.7. The number of amides is 1. The zero-order valence-electron chi connectivity index (χ0n) is 20.1. The highest BCUT2D eigenvalue weighted by molar-refractivity contribution is 5.78. The molecule has 2 N–H and O–H groups in total. The summed E-state index contributed by atoms with van der Waals surface area (Å²) in [7, 11) is 0. The number of benzene rings is 2. The van der Waals surface area contributed by atoms with E-state index in [0.29, 0.717) is 12.5 Å². The molecule has 2 aromatic heterocycles. The molecular formula is C26H33N5O2. The summed E-state index contributed by atoms with van der Waals surface area (Å²) < 4.78 is 3.60. The van der Waals surface area contributed by atoms with Crippen LogP contribution >= 0.6 is 0 Å². The number of aromatic nitrogens is 4. The summed E-state index contributed by atoms with van der Waals surface area (Å²) in [5.41, 5.74) is 4.59. The minimum atomic E-state index is -0.0407. The second-order valence-corrected chi connectivity index (χ2v) is 9.51. The Bertz CT molecular complexity index is 1340. The van der Waals surface area contributed by atoms with Crippen LogP contribution in [0.25, 0.3) is 22.1 Å². The molecule has 0 aliphatic rings. The number of H-pyrrole nitrogens is 1. The van der Waals surface area contributed by atoms with Gasteiger partial charge in [-0.2, -0.15) is 0 Å². The Morgan fingerprint density at radius 3 is 2.45 bits per heavy atom. The fourth-order valence-electron chi connectivity index (χ4n) is 4.47. The van der Waals surface area contributed by atoms with Crippen LogP contribution in [-0.4, -0.2) is 25.0 Å². The van der Waals surface area contributed by atoms with Gasteiger partial charge in [-0.1, -0.05) is 32.0 Å². The Labute approximate surface area is 193 Å². The number of carbonyl (C=O) groups is 1. The number of nitrogens with zero attached hydrogens (tertiary/aromatic N) is 3. The number of hydrogen-bond donors (Lipinski definition) is 2. The lowest BCUT2D eigenvalue weighted by Crippen LogP contribution is -2.26. The molecule has 0 spiro atoms. The summed E-state index contributed by atoms with van der Waals surface area (Å²) >= 11 is 0. The van der Waals surface area contributed by atoms with Gasteiger partial charge in [0.15, 0.2) is 0 Å². The van der Waals surface area contributed by atoms with E-state index in [9.17, 15) is 9.59 Å². The van der Waals surface area contributed by atoms with Gasteiger partial charge < -0.3 is 10.3 Å². The lowest BCUT2D eigenvalue weighted by molar-refractivity contribution is -0.119. The first kappa shape index (κ1) is 22.8. The standard InChI is InChI=1S/C26H33N5O2/c1-16(2)10-12-20(27-18(5)32)19-11-13-21-22(14-19)29-25(28-21)15-30-23-8-6-7-9-24(23)31(17(3)4)26(30)33/h6-9,11,13-14,16-17,20H,10,12,15H2,1-5H3,(H,27,32)(H,28,29). The monoisotopic (exact) mass is 447 g/mol. The van der Waals surface area contributed by atoms with Crippen LogP contribution in [0.15, 0.2) is 47.3 Å². The molecule has 0 aliphatic heterocycles. The van der Waals surface area contributed by atoms with Crippen LogP contribution in [0.2, 0.25) is 0 Å². The molecule has 1 atom stereocenters. The van der Waals surface area contributed by atoms with Gasteiger partial charge in [-0.15, -0.1) is 0 Å². The third-order valence-corrected chi connectivity index (χ3v) is 6.06. The van der Waals surface area contributed by atoms with E-state index in [0.717, 1.165) is 46.3 Å². The van der Waals surface area contributed by atoms with Crippen molar-refractivity contribution in [2.24, 2.45) is 5.92 Å². The highest BCUT2D eigenvalue weighted by Gasteiger charge is 2.18. The summed E-state index contributed by atoms with van der Waals surface area (Å²) in [6.45, 7) is 10.3. The van der Waals surface area contributed by atoms with E-state index in [1.165, 1.54) is 0 Å². The van der Waals surface area contributed by atoms with Crippen LogP contribution in [0.4, 0.5) is 0 Å². The minimum Gasteiger partial charge on any atom is -0.350 e. The van der Waals surface area contributed by atoms with Gasteiger partial charge in [-0.05, 0) is 62.4 Å². The fraction of sp³-hybridized carbons (Fsp3) is 0.423. The molecule has 7 nitrogen and oxygen atoms in total. The van der Waals surface area contributed by atoms with Crippen LogP contribution in [-0.2, 0) is 11.3 Å². The van der Waals surface area contributed by atoms with E-state index in [2.05, 4.69) is 24.1 Å². The molecule has 0 aliphatic carbocycles. The normalized spacial score (nSPS) is 12.8. The van der Waals surface area contributed by atoms with Crippen LogP contribution in [0.3, 0.4) is 0 Å². The summed E-state index contributed by atoms with van der Waals surface area (Å²) in [4.78, 5) is 33.1. The van der Waals surface area contributed by atoms with E-state index in [-0.39, 0.29) is 23.7 Å². The summed E-state index contributed by atoms with van der Waals surface area (Å²) in [5, 5.41) is 3.08. The SMILES string of the molecule is CC(=O)NC(CCC(C)C)c1ccc2[nH]c(Cn3c(=O)n(C(C)C)c4ccccc43)nc2c1. The maximum atomic E-state index is 13.2. The lowest BCUT2D eigenvalue weighted by Gasteiger charge is -2.19. The van der Waals surface area contributed by atoms with Crippen LogP contribution in [0.5, 0.6) is 0 Å². The maximum absolute atomic E-state index is 13.2. The number of fused-ring (bicyclic) bond motifs is 2. The van der Waals surface area contributed by atoms with E-state index in [1.54, 1.807) is 11.5 Å². The van der Waals surface area contributed by atoms with Gasteiger partial charge >= 0.3 is 5.69 Å². The van der Waals surface area contributed by atoms with Crippen molar-refractivity contribution in [2.45, 2.75) is 66.1 Å². The summed E-state index contributed by atoms with van der Waals surface area (Å²) in [6, 6.07) is 14.0. The van der Waals surface area contributed by atoms with Gasteiger partial charge in [0.1, 0.15) is 5.82 Å². The predicted octanol–water partition coefficient (Wildman–Crippen LogP) is 4.92. The molecule has 1 amide bonds. The van der Waals surface area contributed by atoms with E-state index in [4.69, 9.17) is 4.98 Å². The number of para-hydroxylation sites is 2. The molecule has 0 saturated heterocycles. The van der Waals surface area contributed by atoms with E-state index >= 15 is 0 Å². The van der Waals surface area contributed by atoms with Crippen molar-refractivity contribution in [3.05, 3.63) is 64.3 Å². The minimum absolute atomic E-state index is 0.0347. The number of imidazole rings is 2. The number of nitrogens with one attached hydrogen (secondary N) is 2. The van der Waals surface area contributed by atoms with Gasteiger partial charge in [-0.3, -0.25) is 13.9 Å². The summed E-state index contributed by atoms with van der Waals surface area (Å²) in [6.07, 6.45) is 1.90. The molecule has 0 radical (unpaired) electrons. The van der Waals surface area contributed by atoms with Crippen molar-refractivity contribution in [3.63, 3.8) is 0 Å².